The summed E-state index contributed by atoms with van der Waals surface area (Å²) in [5.74, 6) is 0. The molecular formula is C67H46N2. The Bertz CT molecular complexity index is 3780. The molecule has 13 rings (SSSR count). The van der Waals surface area contributed by atoms with Crippen LogP contribution in [0.2, 0.25) is 0 Å². The lowest BCUT2D eigenvalue weighted by molar-refractivity contribution is 0.762. The molecule has 1 heterocycles. The van der Waals surface area contributed by atoms with Gasteiger partial charge < -0.3 is 9.47 Å². The first-order valence-electron chi connectivity index (χ1n) is 23.8. The second kappa shape index (κ2) is 16.7. The summed E-state index contributed by atoms with van der Waals surface area (Å²) >= 11 is 0. The van der Waals surface area contributed by atoms with Crippen LogP contribution in [0.5, 0.6) is 0 Å². The van der Waals surface area contributed by atoms with E-state index in [9.17, 15) is 0 Å². The van der Waals surface area contributed by atoms with Crippen LogP contribution in [0.4, 0.5) is 17.1 Å². The molecule has 1 aliphatic rings. The first-order chi connectivity index (χ1) is 34.3. The van der Waals surface area contributed by atoms with E-state index in [1.54, 1.807) is 0 Å². The van der Waals surface area contributed by atoms with Crippen LogP contribution in [-0.4, -0.2) is 4.57 Å². The van der Waals surface area contributed by atoms with Gasteiger partial charge in [-0.1, -0.05) is 231 Å². The molecule has 0 saturated carbocycles. The highest BCUT2D eigenvalue weighted by molar-refractivity contribution is 6.11. The Morgan fingerprint density at radius 2 is 0.812 bits per heavy atom. The Morgan fingerprint density at radius 3 is 1.57 bits per heavy atom. The third-order valence-corrected chi connectivity index (χ3v) is 14.3. The van der Waals surface area contributed by atoms with Gasteiger partial charge in [-0.05, 0) is 104 Å². The molecular weight excluding hydrogens is 833 g/mol. The maximum absolute atomic E-state index is 2.54. The Balaban J connectivity index is 0.957. The van der Waals surface area contributed by atoms with Gasteiger partial charge in [0.1, 0.15) is 0 Å². The van der Waals surface area contributed by atoms with Gasteiger partial charge in [-0.25, -0.2) is 0 Å². The van der Waals surface area contributed by atoms with Crippen molar-refractivity contribution in [2.45, 2.75) is 5.41 Å². The normalized spacial score (nSPS) is 12.5. The lowest BCUT2D eigenvalue weighted by Gasteiger charge is -2.35. The van der Waals surface area contributed by atoms with Gasteiger partial charge in [-0.15, -0.1) is 0 Å². The van der Waals surface area contributed by atoms with Crippen LogP contribution in [0.25, 0.3) is 72.0 Å². The van der Waals surface area contributed by atoms with Gasteiger partial charge in [0.15, 0.2) is 0 Å². The zero-order valence-electron chi connectivity index (χ0n) is 38.0. The summed E-state index contributed by atoms with van der Waals surface area (Å²) in [6.45, 7) is 0. The van der Waals surface area contributed by atoms with E-state index in [1.807, 2.05) is 0 Å². The zero-order valence-corrected chi connectivity index (χ0v) is 38.0. The van der Waals surface area contributed by atoms with Gasteiger partial charge >= 0.3 is 0 Å². The maximum Gasteiger partial charge on any atom is 0.0734 e. The number of aromatic nitrogens is 1. The van der Waals surface area contributed by atoms with Crippen LogP contribution in [0.3, 0.4) is 0 Å². The highest BCUT2D eigenvalue weighted by Crippen LogP contribution is 2.58. The fourth-order valence-corrected chi connectivity index (χ4v) is 11.3. The third kappa shape index (κ3) is 6.56. The van der Waals surface area contributed by atoms with Crippen molar-refractivity contribution < 1.29 is 0 Å². The number of rotatable bonds is 9. The summed E-state index contributed by atoms with van der Waals surface area (Å²) in [6.07, 6.45) is 0. The van der Waals surface area contributed by atoms with Crippen molar-refractivity contribution in [1.29, 1.82) is 0 Å². The topological polar surface area (TPSA) is 8.17 Å². The molecule has 324 valence electrons. The Labute approximate surface area is 403 Å². The van der Waals surface area contributed by atoms with Crippen molar-refractivity contribution in [3.63, 3.8) is 0 Å². The first-order valence-corrected chi connectivity index (χ1v) is 23.8. The molecule has 0 unspecified atom stereocenters. The molecule has 0 atom stereocenters. The molecule has 0 fully saturated rings. The molecule has 0 amide bonds. The Hall–Kier alpha value is -8.98. The average Bonchev–Trinajstić information content (AvgIpc) is 3.93. The molecule has 0 spiro atoms. The van der Waals surface area contributed by atoms with Crippen molar-refractivity contribution in [3.8, 4) is 50.2 Å². The van der Waals surface area contributed by atoms with Crippen LogP contribution in [-0.2, 0) is 5.41 Å². The van der Waals surface area contributed by atoms with E-state index in [0.29, 0.717) is 0 Å². The summed E-state index contributed by atoms with van der Waals surface area (Å²) < 4.78 is 2.54. The number of hydrogen-bond acceptors (Lipinski definition) is 1. The van der Waals surface area contributed by atoms with Crippen LogP contribution in [0, 0.1) is 0 Å². The lowest BCUT2D eigenvalue weighted by Crippen LogP contribution is -2.29. The van der Waals surface area contributed by atoms with E-state index in [4.69, 9.17) is 0 Å². The molecule has 0 N–H and O–H groups in total. The molecule has 2 heteroatoms. The summed E-state index contributed by atoms with van der Waals surface area (Å²) in [5, 5.41) is 2.47. The molecule has 1 aliphatic carbocycles. The smallest absolute Gasteiger partial charge is 0.0734 e. The van der Waals surface area contributed by atoms with Crippen molar-refractivity contribution in [3.05, 3.63) is 301 Å². The Morgan fingerprint density at radius 1 is 0.304 bits per heavy atom. The number of nitrogens with zero attached hydrogens (tertiary/aromatic N) is 2. The lowest BCUT2D eigenvalue weighted by atomic mass is 9.67. The van der Waals surface area contributed by atoms with Crippen molar-refractivity contribution in [1.82, 2.24) is 4.57 Å². The molecule has 0 aliphatic heterocycles. The summed E-state index contributed by atoms with van der Waals surface area (Å²) in [6, 6.07) is 102. The van der Waals surface area contributed by atoms with Gasteiger partial charge in [0.05, 0.1) is 27.8 Å². The van der Waals surface area contributed by atoms with E-state index >= 15 is 0 Å². The molecule has 69 heavy (non-hydrogen) atoms. The van der Waals surface area contributed by atoms with Crippen molar-refractivity contribution in [2.75, 3.05) is 4.90 Å². The largest absolute Gasteiger partial charge is 0.310 e. The molecule has 1 aromatic heterocycles. The second-order valence-corrected chi connectivity index (χ2v) is 18.0. The number of fused-ring (bicyclic) bond motifs is 6. The summed E-state index contributed by atoms with van der Waals surface area (Å²) in [7, 11) is 0. The van der Waals surface area contributed by atoms with Crippen LogP contribution >= 0.6 is 0 Å². The minimum Gasteiger partial charge on any atom is -0.310 e. The highest BCUT2D eigenvalue weighted by Gasteiger charge is 2.48. The van der Waals surface area contributed by atoms with Crippen molar-refractivity contribution in [2.24, 2.45) is 0 Å². The molecule has 11 aromatic carbocycles. The molecule has 0 radical (unpaired) electrons. The number of hydrogen-bond donors (Lipinski definition) is 0. The minimum atomic E-state index is -0.548. The quantitative estimate of drug-likeness (QED) is 0.140. The average molecular weight is 879 g/mol. The molecule has 2 nitrogen and oxygen atoms in total. The van der Waals surface area contributed by atoms with E-state index in [0.717, 1.165) is 28.2 Å². The van der Waals surface area contributed by atoms with Crippen LogP contribution < -0.4 is 4.90 Å². The van der Waals surface area contributed by atoms with Gasteiger partial charge in [0.25, 0.3) is 0 Å². The Kier molecular flexibility index (Phi) is 9.77. The number of benzene rings is 11. The fourth-order valence-electron chi connectivity index (χ4n) is 11.3. The van der Waals surface area contributed by atoms with Crippen LogP contribution in [0.15, 0.2) is 279 Å². The van der Waals surface area contributed by atoms with Gasteiger partial charge in [0, 0.05) is 33.3 Å². The van der Waals surface area contributed by atoms with Crippen molar-refractivity contribution >= 4 is 38.9 Å². The maximum atomic E-state index is 2.54. The molecule has 0 bridgehead atoms. The van der Waals surface area contributed by atoms with E-state index in [1.165, 1.54) is 83.1 Å². The van der Waals surface area contributed by atoms with Gasteiger partial charge in [-0.3, -0.25) is 0 Å². The summed E-state index contributed by atoms with van der Waals surface area (Å²) in [5.41, 5.74) is 21.0. The van der Waals surface area contributed by atoms with E-state index in [2.05, 4.69) is 289 Å². The standard InChI is InChI=1S/C67H46N2/c1-5-21-47(22-6-1)50-23-19-30-55(45-50)68(54-28-11-4-12-29-54)62-36-17-14-31-56(62)49-41-39-48(40-42-49)51-43-44-59-58-33-15-18-37-63(58)69(65(59)46-51)64-38-20-34-60-57-32-13-16-35-61(57)67(66(60)64,52-24-7-2-8-25-52)53-26-9-3-10-27-53/h1-46H. The predicted molar refractivity (Wildman–Crippen MR) is 289 cm³/mol. The third-order valence-electron chi connectivity index (χ3n) is 14.3. The van der Waals surface area contributed by atoms with E-state index in [-0.39, 0.29) is 0 Å². The zero-order chi connectivity index (χ0) is 45.7. The highest BCUT2D eigenvalue weighted by atomic mass is 15.1. The SMILES string of the molecule is c1ccc(-c2cccc(N(c3ccccc3)c3ccccc3-c3ccc(-c4ccc5c6ccccc6n(-c6cccc7c6C(c6ccccc6)(c6ccccc6)c6ccccc6-7)c5c4)cc3)c2)cc1. The van der Waals surface area contributed by atoms with E-state index < -0.39 is 5.41 Å². The molecule has 0 saturated heterocycles. The molecule has 12 aromatic rings. The number of anilines is 3. The minimum absolute atomic E-state index is 0.548. The second-order valence-electron chi connectivity index (χ2n) is 18.0. The number of para-hydroxylation sites is 3. The van der Waals surface area contributed by atoms with Gasteiger partial charge in [0.2, 0.25) is 0 Å². The predicted octanol–water partition coefficient (Wildman–Crippen LogP) is 17.6. The van der Waals surface area contributed by atoms with Crippen LogP contribution in [0.1, 0.15) is 22.3 Å². The van der Waals surface area contributed by atoms with Gasteiger partial charge in [-0.2, -0.15) is 0 Å². The monoisotopic (exact) mass is 878 g/mol. The fraction of sp³-hybridized carbons (Fsp3) is 0.0149. The summed E-state index contributed by atoms with van der Waals surface area (Å²) in [4.78, 5) is 2.38. The first kappa shape index (κ1) is 40.3.